The molecule has 1 atom stereocenters. The van der Waals surface area contributed by atoms with Crippen LogP contribution in [0.15, 0.2) is 66.0 Å². The van der Waals surface area contributed by atoms with Gasteiger partial charge in [-0.1, -0.05) is 31.5 Å². The number of benzene rings is 1. The Bertz CT molecular complexity index is 1110. The topological polar surface area (TPSA) is 106 Å². The first-order valence-electron chi connectivity index (χ1n) is 10.0. The summed E-state index contributed by atoms with van der Waals surface area (Å²) in [4.78, 5) is 17.0. The van der Waals surface area contributed by atoms with Crippen LogP contribution in [0.25, 0.3) is 0 Å². The molecule has 0 radical (unpaired) electrons. The molecule has 2 N–H and O–H groups in total. The molecule has 2 aromatic heterocycles. The Hall–Kier alpha value is -3.04. The summed E-state index contributed by atoms with van der Waals surface area (Å²) in [6.45, 7) is 6.29. The number of hydrogen-bond donors (Lipinski definition) is 2. The molecule has 3 rings (SSSR count). The van der Waals surface area contributed by atoms with Crippen LogP contribution in [-0.2, 0) is 21.4 Å². The Labute approximate surface area is 182 Å². The summed E-state index contributed by atoms with van der Waals surface area (Å²) in [6.07, 6.45) is 5.52. The maximum atomic E-state index is 12.9. The normalized spacial score (nSPS) is 12.6. The fraction of sp³-hybridized carbons (Fsp3) is 0.318. The van der Waals surface area contributed by atoms with Crippen molar-refractivity contribution in [3.05, 3.63) is 72.2 Å². The van der Waals surface area contributed by atoms with E-state index < -0.39 is 22.0 Å². The first-order chi connectivity index (χ1) is 14.7. The van der Waals surface area contributed by atoms with Crippen LogP contribution in [0, 0.1) is 12.8 Å². The Kier molecular flexibility index (Phi) is 7.19. The van der Waals surface area contributed by atoms with Crippen LogP contribution in [0.4, 0.5) is 5.82 Å². The van der Waals surface area contributed by atoms with Gasteiger partial charge in [0.1, 0.15) is 6.04 Å². The number of pyridine rings is 1. The van der Waals surface area contributed by atoms with Crippen LogP contribution in [0.1, 0.15) is 31.4 Å². The molecule has 1 amide bonds. The third kappa shape index (κ3) is 6.47. The molecular formula is C22H27N5O3S. The lowest BCUT2D eigenvalue weighted by atomic mass is 10.0. The number of amides is 1. The van der Waals surface area contributed by atoms with Crippen LogP contribution in [-0.4, -0.2) is 35.1 Å². The summed E-state index contributed by atoms with van der Waals surface area (Å²) in [5, 5.41) is 7.09. The van der Waals surface area contributed by atoms with Crippen molar-refractivity contribution < 1.29 is 13.2 Å². The number of hydrogen-bond acceptors (Lipinski definition) is 5. The molecule has 1 aromatic carbocycles. The van der Waals surface area contributed by atoms with E-state index in [-0.39, 0.29) is 10.8 Å². The van der Waals surface area contributed by atoms with Gasteiger partial charge in [0.25, 0.3) is 0 Å². The Morgan fingerprint density at radius 1 is 1.06 bits per heavy atom. The molecule has 31 heavy (non-hydrogen) atoms. The minimum Gasteiger partial charge on any atom is -0.308 e. The SMILES string of the molecule is Cc1ccc(S(=O)(=O)NC(CC(C)C)C(=O)Nc2ccn(Cc3ccncc3)n2)cc1. The number of anilines is 1. The van der Waals surface area contributed by atoms with Crippen molar-refractivity contribution in [3.63, 3.8) is 0 Å². The van der Waals surface area contributed by atoms with Gasteiger partial charge in [0.05, 0.1) is 11.4 Å². The first kappa shape index (κ1) is 22.6. The Morgan fingerprint density at radius 3 is 2.39 bits per heavy atom. The summed E-state index contributed by atoms with van der Waals surface area (Å²) in [6, 6.07) is 11.0. The molecule has 0 aliphatic carbocycles. The molecule has 0 aliphatic rings. The van der Waals surface area contributed by atoms with Gasteiger partial charge in [0, 0.05) is 24.7 Å². The highest BCUT2D eigenvalue weighted by Gasteiger charge is 2.27. The van der Waals surface area contributed by atoms with Gasteiger partial charge in [-0.15, -0.1) is 0 Å². The van der Waals surface area contributed by atoms with Crippen molar-refractivity contribution in [1.29, 1.82) is 0 Å². The standard InChI is InChI=1S/C22H27N5O3S/c1-16(2)14-20(26-31(29,30)19-6-4-17(3)5-7-19)22(28)24-21-10-13-27(25-21)15-18-8-11-23-12-9-18/h4-13,16,20,26H,14-15H2,1-3H3,(H,24,25,28). The van der Waals surface area contributed by atoms with Gasteiger partial charge in [0.2, 0.25) is 15.9 Å². The highest BCUT2D eigenvalue weighted by Crippen LogP contribution is 2.15. The maximum absolute atomic E-state index is 12.9. The van der Waals surface area contributed by atoms with Gasteiger partial charge in [-0.2, -0.15) is 9.82 Å². The lowest BCUT2D eigenvalue weighted by molar-refractivity contribution is -0.118. The van der Waals surface area contributed by atoms with Crippen molar-refractivity contribution >= 4 is 21.7 Å². The number of rotatable bonds is 9. The smallest absolute Gasteiger partial charge is 0.243 e. The number of nitrogens with one attached hydrogen (secondary N) is 2. The monoisotopic (exact) mass is 441 g/mol. The second-order valence-electron chi connectivity index (χ2n) is 7.86. The third-order valence-corrected chi connectivity index (χ3v) is 6.13. The van der Waals surface area contributed by atoms with Crippen molar-refractivity contribution in [1.82, 2.24) is 19.5 Å². The third-order valence-electron chi connectivity index (χ3n) is 4.64. The zero-order valence-corrected chi connectivity index (χ0v) is 18.6. The lowest BCUT2D eigenvalue weighted by Crippen LogP contribution is -2.44. The fourth-order valence-corrected chi connectivity index (χ4v) is 4.27. The van der Waals surface area contributed by atoms with E-state index in [9.17, 15) is 13.2 Å². The van der Waals surface area contributed by atoms with Gasteiger partial charge >= 0.3 is 0 Å². The molecule has 8 nitrogen and oxygen atoms in total. The molecular weight excluding hydrogens is 414 g/mol. The Morgan fingerprint density at radius 2 is 1.74 bits per heavy atom. The average molecular weight is 442 g/mol. The molecule has 0 saturated heterocycles. The van der Waals surface area contributed by atoms with E-state index >= 15 is 0 Å². The molecule has 0 fully saturated rings. The average Bonchev–Trinajstić information content (AvgIpc) is 3.14. The van der Waals surface area contributed by atoms with Gasteiger partial charge in [-0.05, 0) is 49.1 Å². The molecule has 2 heterocycles. The van der Waals surface area contributed by atoms with E-state index in [1.807, 2.05) is 32.9 Å². The molecule has 3 aromatic rings. The summed E-state index contributed by atoms with van der Waals surface area (Å²) in [5.74, 6) is 0.0293. The largest absolute Gasteiger partial charge is 0.308 e. The van der Waals surface area contributed by atoms with Crippen molar-refractivity contribution in [2.75, 3.05) is 5.32 Å². The van der Waals surface area contributed by atoms with Crippen LogP contribution < -0.4 is 10.0 Å². The van der Waals surface area contributed by atoms with Gasteiger partial charge in [-0.3, -0.25) is 14.5 Å². The number of carbonyl (C=O) groups is 1. The predicted molar refractivity (Wildman–Crippen MR) is 119 cm³/mol. The zero-order chi connectivity index (χ0) is 22.4. The molecule has 0 aliphatic heterocycles. The molecule has 0 saturated carbocycles. The number of nitrogens with zero attached hydrogens (tertiary/aromatic N) is 3. The van der Waals surface area contributed by atoms with Crippen LogP contribution in [0.2, 0.25) is 0 Å². The zero-order valence-electron chi connectivity index (χ0n) is 17.8. The summed E-state index contributed by atoms with van der Waals surface area (Å²) >= 11 is 0. The summed E-state index contributed by atoms with van der Waals surface area (Å²) in [5.41, 5.74) is 1.98. The predicted octanol–water partition coefficient (Wildman–Crippen LogP) is 2.97. The van der Waals surface area contributed by atoms with E-state index in [4.69, 9.17) is 0 Å². The highest BCUT2D eigenvalue weighted by atomic mass is 32.2. The van der Waals surface area contributed by atoms with Crippen LogP contribution in [0.5, 0.6) is 0 Å². The number of aromatic nitrogens is 3. The summed E-state index contributed by atoms with van der Waals surface area (Å²) in [7, 11) is -3.84. The van der Waals surface area contributed by atoms with Crippen LogP contribution >= 0.6 is 0 Å². The first-order valence-corrected chi connectivity index (χ1v) is 11.5. The minimum atomic E-state index is -3.84. The molecule has 9 heteroatoms. The van der Waals surface area contributed by atoms with E-state index in [2.05, 4.69) is 20.1 Å². The second kappa shape index (κ2) is 9.84. The van der Waals surface area contributed by atoms with Crippen molar-refractivity contribution in [3.8, 4) is 0 Å². The fourth-order valence-electron chi connectivity index (χ4n) is 3.06. The maximum Gasteiger partial charge on any atom is 0.243 e. The molecule has 0 bridgehead atoms. The Balaban J connectivity index is 1.70. The lowest BCUT2D eigenvalue weighted by Gasteiger charge is -2.19. The quantitative estimate of drug-likeness (QED) is 0.531. The van der Waals surface area contributed by atoms with E-state index in [1.165, 1.54) is 12.1 Å². The van der Waals surface area contributed by atoms with Crippen LogP contribution in [0.3, 0.4) is 0 Å². The number of aryl methyl sites for hydroxylation is 1. The van der Waals surface area contributed by atoms with Crippen molar-refractivity contribution in [2.24, 2.45) is 5.92 Å². The number of carbonyl (C=O) groups excluding carboxylic acids is 1. The molecule has 164 valence electrons. The number of sulfonamides is 1. The van der Waals surface area contributed by atoms with Gasteiger partial charge in [0.15, 0.2) is 5.82 Å². The van der Waals surface area contributed by atoms with E-state index in [0.717, 1.165) is 11.1 Å². The van der Waals surface area contributed by atoms with Gasteiger partial charge in [-0.25, -0.2) is 8.42 Å². The second-order valence-corrected chi connectivity index (χ2v) is 9.57. The van der Waals surface area contributed by atoms with E-state index in [1.54, 1.807) is 41.5 Å². The minimum absolute atomic E-state index is 0.112. The summed E-state index contributed by atoms with van der Waals surface area (Å²) < 4.78 is 29.8. The molecule has 1 unspecified atom stereocenters. The molecule has 0 spiro atoms. The van der Waals surface area contributed by atoms with Gasteiger partial charge < -0.3 is 5.32 Å². The van der Waals surface area contributed by atoms with E-state index in [0.29, 0.717) is 18.8 Å². The van der Waals surface area contributed by atoms with Crippen molar-refractivity contribution in [2.45, 2.75) is 44.7 Å². The highest BCUT2D eigenvalue weighted by molar-refractivity contribution is 7.89.